The predicted molar refractivity (Wildman–Crippen MR) is 81.0 cm³/mol. The Morgan fingerprint density at radius 1 is 1.33 bits per heavy atom. The fraction of sp³-hybridized carbons (Fsp3) is 0.538. The van der Waals surface area contributed by atoms with Crippen LogP contribution in [-0.4, -0.2) is 72.1 Å². The summed E-state index contributed by atoms with van der Waals surface area (Å²) in [5.74, 6) is -0.737. The van der Waals surface area contributed by atoms with Crippen LogP contribution in [-0.2, 0) is 14.3 Å². The van der Waals surface area contributed by atoms with Gasteiger partial charge in [-0.3, -0.25) is 14.1 Å². The lowest BCUT2D eigenvalue weighted by atomic mass is 10.1. The monoisotopic (exact) mass is 395 g/mol. The maximum atomic E-state index is 12.1. The smallest absolute Gasteiger partial charge is 0.481 e. The molecule has 0 unspecified atom stereocenters. The third kappa shape index (κ3) is 5.00. The summed E-state index contributed by atoms with van der Waals surface area (Å²) in [4.78, 5) is 20.6. The fourth-order valence-corrected chi connectivity index (χ4v) is 2.33. The maximum absolute atomic E-state index is 12.1. The van der Waals surface area contributed by atoms with Gasteiger partial charge in [-0.2, -0.15) is 0 Å². The van der Waals surface area contributed by atoms with E-state index >= 15 is 0 Å². The Morgan fingerprint density at radius 2 is 1.96 bits per heavy atom. The van der Waals surface area contributed by atoms with Crippen LogP contribution in [0.4, 0.5) is 19.0 Å². The first kappa shape index (κ1) is 20.8. The first-order valence-electron chi connectivity index (χ1n) is 7.36. The van der Waals surface area contributed by atoms with E-state index in [1.807, 2.05) is 0 Å². The number of aliphatic hydroxyl groups excluding tert-OH is 2. The Morgan fingerprint density at radius 3 is 2.56 bits per heavy atom. The number of nitrogens with two attached hydrogens (primary N) is 1. The number of carboxylic acids is 1. The molecule has 3 rings (SSSR count). The summed E-state index contributed by atoms with van der Waals surface area (Å²) in [6, 6.07) is 0. The second kappa shape index (κ2) is 7.99. The van der Waals surface area contributed by atoms with E-state index in [9.17, 15) is 23.4 Å². The highest BCUT2D eigenvalue weighted by Crippen LogP contribution is 2.32. The Balaban J connectivity index is 0.000000596. The Hall–Kier alpha value is -2.55. The number of anilines is 1. The van der Waals surface area contributed by atoms with Gasteiger partial charge >= 0.3 is 6.36 Å². The highest BCUT2D eigenvalue weighted by atomic mass is 19.4. The molecule has 0 bridgehead atoms. The second-order valence-corrected chi connectivity index (χ2v) is 5.41. The molecule has 2 aromatic rings. The summed E-state index contributed by atoms with van der Waals surface area (Å²) in [6.07, 6.45) is -8.08. The quantitative estimate of drug-likeness (QED) is 0.540. The summed E-state index contributed by atoms with van der Waals surface area (Å²) in [7, 11) is 0. The molecule has 5 N–H and O–H groups in total. The van der Waals surface area contributed by atoms with Crippen LogP contribution >= 0.6 is 0 Å². The standard InChI is InChI=1S/C11H12F3N5O4.C2H4O2/c12-11(13,14)22-1-4-6(20)7(21)10(23-4)19-3-18-5-8(15)16-2-17-9(5)19;1-2(3)4/h2-4,6-7,10,20-21H,1H2,(H2,15,16,17);1H3,(H,3,4)/t4-,6-,7-,10-;/m1./s1. The van der Waals surface area contributed by atoms with E-state index in [2.05, 4.69) is 19.7 Å². The first-order chi connectivity index (χ1) is 12.5. The molecule has 11 nitrogen and oxygen atoms in total. The minimum absolute atomic E-state index is 0.0961. The van der Waals surface area contributed by atoms with Crippen molar-refractivity contribution in [2.45, 2.75) is 37.8 Å². The van der Waals surface area contributed by atoms with Gasteiger partial charge in [0.2, 0.25) is 0 Å². The van der Waals surface area contributed by atoms with Gasteiger partial charge < -0.3 is 25.8 Å². The number of carbonyl (C=O) groups is 1. The zero-order chi connectivity index (χ0) is 20.4. The van der Waals surface area contributed by atoms with Crippen LogP contribution in [0.5, 0.6) is 0 Å². The number of aliphatic carboxylic acids is 1. The Kier molecular flexibility index (Phi) is 6.15. The van der Waals surface area contributed by atoms with Crippen molar-refractivity contribution in [2.75, 3.05) is 12.3 Å². The van der Waals surface area contributed by atoms with Crippen molar-refractivity contribution >= 4 is 23.0 Å². The highest BCUT2D eigenvalue weighted by Gasteiger charge is 2.46. The van der Waals surface area contributed by atoms with Crippen molar-refractivity contribution in [3.05, 3.63) is 12.7 Å². The lowest BCUT2D eigenvalue weighted by Crippen LogP contribution is -2.35. The lowest BCUT2D eigenvalue weighted by molar-refractivity contribution is -0.333. The predicted octanol–water partition coefficient (Wildman–Crippen LogP) is -0.345. The molecule has 0 aliphatic carbocycles. The van der Waals surface area contributed by atoms with E-state index in [0.29, 0.717) is 0 Å². The number of ether oxygens (including phenoxy) is 2. The summed E-state index contributed by atoms with van der Waals surface area (Å²) < 4.78 is 46.4. The Labute approximate surface area is 149 Å². The fourth-order valence-electron chi connectivity index (χ4n) is 2.33. The van der Waals surface area contributed by atoms with Gasteiger partial charge in [-0.05, 0) is 0 Å². The molecule has 0 radical (unpaired) electrons. The van der Waals surface area contributed by atoms with Gasteiger partial charge in [-0.1, -0.05) is 0 Å². The molecule has 0 aromatic carbocycles. The molecular formula is C13H16F3N5O6. The van der Waals surface area contributed by atoms with Gasteiger partial charge in [0, 0.05) is 6.92 Å². The van der Waals surface area contributed by atoms with Crippen LogP contribution in [0.25, 0.3) is 11.2 Å². The normalized spacial score (nSPS) is 25.3. The number of halogens is 3. The average molecular weight is 395 g/mol. The molecule has 14 heteroatoms. The van der Waals surface area contributed by atoms with E-state index in [1.165, 1.54) is 10.9 Å². The molecule has 4 atom stereocenters. The molecule has 1 fully saturated rings. The molecule has 1 aliphatic heterocycles. The Bertz CT molecular complexity index is 796. The maximum Gasteiger partial charge on any atom is 0.522 e. The molecule has 2 aromatic heterocycles. The minimum atomic E-state index is -4.87. The van der Waals surface area contributed by atoms with Gasteiger partial charge in [-0.25, -0.2) is 15.0 Å². The van der Waals surface area contributed by atoms with Crippen molar-refractivity contribution in [1.82, 2.24) is 19.5 Å². The highest BCUT2D eigenvalue weighted by molar-refractivity contribution is 5.81. The zero-order valence-corrected chi connectivity index (χ0v) is 13.7. The van der Waals surface area contributed by atoms with Crippen molar-refractivity contribution in [2.24, 2.45) is 0 Å². The number of nitrogen functional groups attached to an aromatic ring is 1. The second-order valence-electron chi connectivity index (χ2n) is 5.41. The van der Waals surface area contributed by atoms with E-state index in [1.54, 1.807) is 0 Å². The summed E-state index contributed by atoms with van der Waals surface area (Å²) in [5, 5.41) is 27.3. The number of alkyl halides is 3. The van der Waals surface area contributed by atoms with Gasteiger partial charge in [0.15, 0.2) is 17.7 Å². The summed E-state index contributed by atoms with van der Waals surface area (Å²) >= 11 is 0. The van der Waals surface area contributed by atoms with Crippen LogP contribution in [0.3, 0.4) is 0 Å². The number of hydrogen-bond donors (Lipinski definition) is 4. The van der Waals surface area contributed by atoms with Crippen LogP contribution in [0, 0.1) is 0 Å². The average Bonchev–Trinajstić information content (AvgIpc) is 3.08. The summed E-state index contributed by atoms with van der Waals surface area (Å²) in [6.45, 7) is 0.127. The molecule has 1 aliphatic rings. The number of aliphatic hydroxyl groups is 2. The van der Waals surface area contributed by atoms with Gasteiger partial charge in [-0.15, -0.1) is 13.2 Å². The van der Waals surface area contributed by atoms with Crippen LogP contribution < -0.4 is 5.73 Å². The van der Waals surface area contributed by atoms with Gasteiger partial charge in [0.05, 0.1) is 12.9 Å². The molecule has 150 valence electrons. The third-order valence-corrected chi connectivity index (χ3v) is 3.41. The van der Waals surface area contributed by atoms with Crippen molar-refractivity contribution in [3.63, 3.8) is 0 Å². The number of hydrogen-bond acceptors (Lipinski definition) is 9. The number of nitrogens with zero attached hydrogens (tertiary/aromatic N) is 4. The SMILES string of the molecule is CC(=O)O.Nc1ncnc2c1ncn2[C@@H]1O[C@H](COC(F)(F)F)[C@@H](O)[C@H]1O. The molecule has 0 spiro atoms. The third-order valence-electron chi connectivity index (χ3n) is 3.41. The van der Waals surface area contributed by atoms with Gasteiger partial charge in [0.25, 0.3) is 5.97 Å². The van der Waals surface area contributed by atoms with E-state index in [4.69, 9.17) is 20.4 Å². The number of aromatic nitrogens is 4. The van der Waals surface area contributed by atoms with Crippen LogP contribution in [0.1, 0.15) is 13.2 Å². The van der Waals surface area contributed by atoms with Crippen molar-refractivity contribution < 1.29 is 42.8 Å². The van der Waals surface area contributed by atoms with Gasteiger partial charge in [0.1, 0.15) is 30.2 Å². The molecule has 3 heterocycles. The molecule has 0 amide bonds. The molecule has 1 saturated heterocycles. The minimum Gasteiger partial charge on any atom is -0.481 e. The van der Waals surface area contributed by atoms with Crippen molar-refractivity contribution in [3.8, 4) is 0 Å². The van der Waals surface area contributed by atoms with E-state index < -0.39 is 43.5 Å². The molecular weight excluding hydrogens is 379 g/mol. The lowest BCUT2D eigenvalue weighted by Gasteiger charge is -2.16. The number of rotatable bonds is 3. The van der Waals surface area contributed by atoms with Crippen LogP contribution in [0.15, 0.2) is 12.7 Å². The largest absolute Gasteiger partial charge is 0.522 e. The summed E-state index contributed by atoms with van der Waals surface area (Å²) in [5.41, 5.74) is 6.09. The topological polar surface area (TPSA) is 166 Å². The van der Waals surface area contributed by atoms with E-state index in [-0.39, 0.29) is 17.0 Å². The molecule has 0 saturated carbocycles. The number of carboxylic acid groups (broad SMARTS) is 1. The van der Waals surface area contributed by atoms with E-state index in [0.717, 1.165) is 13.3 Å². The zero-order valence-electron chi connectivity index (χ0n) is 13.7. The first-order valence-corrected chi connectivity index (χ1v) is 7.36. The number of imidazole rings is 1. The van der Waals surface area contributed by atoms with Crippen LogP contribution in [0.2, 0.25) is 0 Å². The number of fused-ring (bicyclic) bond motifs is 1. The molecule has 27 heavy (non-hydrogen) atoms. The van der Waals surface area contributed by atoms with Crippen molar-refractivity contribution in [1.29, 1.82) is 0 Å².